The lowest BCUT2D eigenvalue weighted by Crippen LogP contribution is -2.26. The third-order valence-electron chi connectivity index (χ3n) is 2.42. The molecule has 0 bridgehead atoms. The van der Waals surface area contributed by atoms with Gasteiger partial charge in [0.2, 0.25) is 5.91 Å². The molecule has 0 aliphatic heterocycles. The van der Waals surface area contributed by atoms with Crippen LogP contribution >= 0.6 is 11.6 Å². The second kappa shape index (κ2) is 6.35. The van der Waals surface area contributed by atoms with Gasteiger partial charge in [-0.2, -0.15) is 0 Å². The molecule has 1 amide bonds. The average molecular weight is 270 g/mol. The van der Waals surface area contributed by atoms with Crippen LogP contribution < -0.4 is 10.9 Å². The Kier molecular flexibility index (Phi) is 5.09. The first-order chi connectivity index (χ1) is 8.40. The lowest BCUT2D eigenvalue weighted by molar-refractivity contribution is -0.120. The van der Waals surface area contributed by atoms with E-state index in [1.807, 2.05) is 0 Å². The first kappa shape index (κ1) is 14.4. The van der Waals surface area contributed by atoms with Crippen molar-refractivity contribution in [1.29, 1.82) is 0 Å². The summed E-state index contributed by atoms with van der Waals surface area (Å²) in [6, 6.07) is 0. The largest absolute Gasteiger partial charge is 0.351 e. The van der Waals surface area contributed by atoms with Crippen LogP contribution in [0.25, 0.3) is 0 Å². The molecule has 0 radical (unpaired) electrons. The third kappa shape index (κ3) is 4.33. The van der Waals surface area contributed by atoms with E-state index in [0.29, 0.717) is 28.5 Å². The molecule has 0 aliphatic carbocycles. The molecule has 1 rings (SSSR count). The highest BCUT2D eigenvalue weighted by molar-refractivity contribution is 6.29. The number of amides is 1. The monoisotopic (exact) mass is 269 g/mol. The van der Waals surface area contributed by atoms with E-state index in [1.165, 1.54) is 0 Å². The van der Waals surface area contributed by atoms with Crippen molar-refractivity contribution in [3.8, 4) is 0 Å². The summed E-state index contributed by atoms with van der Waals surface area (Å²) in [5.74, 6) is 0.403. The quantitative estimate of drug-likeness (QED) is 0.843. The van der Waals surface area contributed by atoms with Crippen molar-refractivity contribution in [1.82, 2.24) is 15.3 Å². The standard InChI is InChI=1S/C12H16ClN3O2/c1-7(13)6-14-11(17)5-4-10-8(2)15-9(3)16-12(10)18/h1,4-6H2,2-3H3,(H,14,17)(H,15,16,18). The van der Waals surface area contributed by atoms with E-state index in [9.17, 15) is 9.59 Å². The van der Waals surface area contributed by atoms with Crippen molar-refractivity contribution in [2.75, 3.05) is 6.54 Å². The highest BCUT2D eigenvalue weighted by atomic mass is 35.5. The second-order valence-corrected chi connectivity index (χ2v) is 4.54. The molecule has 98 valence electrons. The molecule has 0 aromatic carbocycles. The summed E-state index contributed by atoms with van der Waals surface area (Å²) in [7, 11) is 0. The van der Waals surface area contributed by atoms with Gasteiger partial charge in [0.05, 0.1) is 6.54 Å². The molecule has 1 heterocycles. The number of hydrogen-bond acceptors (Lipinski definition) is 3. The van der Waals surface area contributed by atoms with Crippen molar-refractivity contribution in [3.05, 3.63) is 39.0 Å². The van der Waals surface area contributed by atoms with Crippen LogP contribution in [0.3, 0.4) is 0 Å². The minimum atomic E-state index is -0.186. The smallest absolute Gasteiger partial charge is 0.254 e. The summed E-state index contributed by atoms with van der Waals surface area (Å²) >= 11 is 5.53. The van der Waals surface area contributed by atoms with Gasteiger partial charge < -0.3 is 10.3 Å². The normalized spacial score (nSPS) is 10.2. The molecule has 18 heavy (non-hydrogen) atoms. The van der Waals surface area contributed by atoms with Crippen molar-refractivity contribution in [2.45, 2.75) is 26.7 Å². The SMILES string of the molecule is C=C(Cl)CNC(=O)CCc1c(C)nc(C)[nH]c1=O. The summed E-state index contributed by atoms with van der Waals surface area (Å²) in [5.41, 5.74) is 1.01. The number of aromatic nitrogens is 2. The van der Waals surface area contributed by atoms with E-state index in [1.54, 1.807) is 13.8 Å². The summed E-state index contributed by atoms with van der Waals surface area (Å²) < 4.78 is 0. The number of halogens is 1. The van der Waals surface area contributed by atoms with E-state index < -0.39 is 0 Å². The Hall–Kier alpha value is -1.62. The second-order valence-electron chi connectivity index (χ2n) is 4.01. The summed E-state index contributed by atoms with van der Waals surface area (Å²) in [6.07, 6.45) is 0.577. The Morgan fingerprint density at radius 3 is 2.72 bits per heavy atom. The van der Waals surface area contributed by atoms with Crippen LogP contribution in [-0.2, 0) is 11.2 Å². The maximum absolute atomic E-state index is 11.7. The Labute approximate surface area is 110 Å². The van der Waals surface area contributed by atoms with E-state index >= 15 is 0 Å². The zero-order chi connectivity index (χ0) is 13.7. The lowest BCUT2D eigenvalue weighted by atomic mass is 10.1. The fourth-order valence-electron chi connectivity index (χ4n) is 1.57. The van der Waals surface area contributed by atoms with Gasteiger partial charge in [-0.25, -0.2) is 4.98 Å². The predicted molar refractivity (Wildman–Crippen MR) is 70.7 cm³/mol. The molecule has 0 fully saturated rings. The van der Waals surface area contributed by atoms with Gasteiger partial charge in [0.25, 0.3) is 5.56 Å². The zero-order valence-electron chi connectivity index (χ0n) is 10.5. The molecule has 0 saturated carbocycles. The van der Waals surface area contributed by atoms with Crippen LogP contribution in [0, 0.1) is 13.8 Å². The van der Waals surface area contributed by atoms with E-state index in [4.69, 9.17) is 11.6 Å². The van der Waals surface area contributed by atoms with Crippen LogP contribution in [0.1, 0.15) is 23.5 Å². The molecule has 0 aliphatic rings. The van der Waals surface area contributed by atoms with Gasteiger partial charge in [0.15, 0.2) is 0 Å². The molecule has 1 aromatic rings. The number of carbonyl (C=O) groups excluding carboxylic acids is 1. The lowest BCUT2D eigenvalue weighted by Gasteiger charge is -2.06. The van der Waals surface area contributed by atoms with E-state index in [-0.39, 0.29) is 24.4 Å². The Balaban J connectivity index is 2.61. The topological polar surface area (TPSA) is 74.8 Å². The predicted octanol–water partition coefficient (Wildman–Crippen LogP) is 1.19. The van der Waals surface area contributed by atoms with Crippen LogP contribution in [0.2, 0.25) is 0 Å². The Bertz CT molecular complexity index is 523. The molecule has 5 nitrogen and oxygen atoms in total. The first-order valence-corrected chi connectivity index (χ1v) is 5.94. The number of aromatic amines is 1. The molecular weight excluding hydrogens is 254 g/mol. The van der Waals surface area contributed by atoms with Gasteiger partial charge in [0, 0.05) is 22.7 Å². The molecule has 2 N–H and O–H groups in total. The Morgan fingerprint density at radius 1 is 1.50 bits per heavy atom. The van der Waals surface area contributed by atoms with Crippen LogP contribution in [0.15, 0.2) is 16.4 Å². The van der Waals surface area contributed by atoms with E-state index in [0.717, 1.165) is 0 Å². The number of H-pyrrole nitrogens is 1. The van der Waals surface area contributed by atoms with Gasteiger partial charge in [0.1, 0.15) is 5.82 Å². The highest BCUT2D eigenvalue weighted by Crippen LogP contribution is 2.02. The minimum absolute atomic E-state index is 0.170. The number of nitrogens with one attached hydrogen (secondary N) is 2. The molecule has 0 spiro atoms. The van der Waals surface area contributed by atoms with Gasteiger partial charge in [-0.1, -0.05) is 18.2 Å². The Morgan fingerprint density at radius 2 is 2.17 bits per heavy atom. The molecule has 1 aromatic heterocycles. The van der Waals surface area contributed by atoms with Gasteiger partial charge in [-0.3, -0.25) is 9.59 Å². The van der Waals surface area contributed by atoms with Gasteiger partial charge in [-0.15, -0.1) is 0 Å². The fraction of sp³-hybridized carbons (Fsp3) is 0.417. The molecular formula is C12H16ClN3O2. The first-order valence-electron chi connectivity index (χ1n) is 5.56. The average Bonchev–Trinajstić information content (AvgIpc) is 2.24. The van der Waals surface area contributed by atoms with Crippen LogP contribution in [-0.4, -0.2) is 22.4 Å². The molecule has 6 heteroatoms. The number of carbonyl (C=O) groups is 1. The van der Waals surface area contributed by atoms with E-state index in [2.05, 4.69) is 21.9 Å². The fourth-order valence-corrected chi connectivity index (χ4v) is 1.63. The maximum Gasteiger partial charge on any atom is 0.254 e. The summed E-state index contributed by atoms with van der Waals surface area (Å²) in [5, 5.41) is 2.97. The molecule has 0 unspecified atom stereocenters. The highest BCUT2D eigenvalue weighted by Gasteiger charge is 2.09. The van der Waals surface area contributed by atoms with Crippen molar-refractivity contribution in [3.63, 3.8) is 0 Å². The number of hydrogen-bond donors (Lipinski definition) is 2. The summed E-state index contributed by atoms with van der Waals surface area (Å²) in [6.45, 7) is 7.19. The number of nitrogens with zero attached hydrogens (tertiary/aromatic N) is 1. The molecule has 0 saturated heterocycles. The van der Waals surface area contributed by atoms with Gasteiger partial charge >= 0.3 is 0 Å². The number of rotatable bonds is 5. The number of aryl methyl sites for hydroxylation is 2. The van der Waals surface area contributed by atoms with Crippen LogP contribution in [0.4, 0.5) is 0 Å². The third-order valence-corrected chi connectivity index (χ3v) is 2.55. The van der Waals surface area contributed by atoms with Crippen molar-refractivity contribution in [2.24, 2.45) is 0 Å². The summed E-state index contributed by atoms with van der Waals surface area (Å²) in [4.78, 5) is 29.9. The van der Waals surface area contributed by atoms with Crippen LogP contribution in [0.5, 0.6) is 0 Å². The molecule has 0 atom stereocenters. The zero-order valence-corrected chi connectivity index (χ0v) is 11.2. The van der Waals surface area contributed by atoms with Gasteiger partial charge in [-0.05, 0) is 20.3 Å². The van der Waals surface area contributed by atoms with Crippen molar-refractivity contribution >= 4 is 17.5 Å². The van der Waals surface area contributed by atoms with Crippen molar-refractivity contribution < 1.29 is 4.79 Å². The minimum Gasteiger partial charge on any atom is -0.351 e. The maximum atomic E-state index is 11.7.